The van der Waals surface area contributed by atoms with Crippen molar-refractivity contribution in [2.75, 3.05) is 11.9 Å². The minimum atomic E-state index is -0.653. The summed E-state index contributed by atoms with van der Waals surface area (Å²) in [7, 11) is 0. The van der Waals surface area contributed by atoms with E-state index >= 15 is 0 Å². The Bertz CT molecular complexity index is 511. The van der Waals surface area contributed by atoms with E-state index in [9.17, 15) is 14.7 Å². The summed E-state index contributed by atoms with van der Waals surface area (Å²) in [6.45, 7) is 5.63. The number of aliphatic hydroxyl groups excluding tert-OH is 1. The number of carbonyl (C=O) groups is 2. The van der Waals surface area contributed by atoms with E-state index in [0.717, 1.165) is 5.69 Å². The number of aromatic amines is 1. The highest BCUT2D eigenvalue weighted by Crippen LogP contribution is 2.20. The fourth-order valence-corrected chi connectivity index (χ4v) is 2.32. The predicted molar refractivity (Wildman–Crippen MR) is 73.1 cm³/mol. The van der Waals surface area contributed by atoms with Gasteiger partial charge in [0.2, 0.25) is 11.8 Å². The average molecular weight is 280 g/mol. The summed E-state index contributed by atoms with van der Waals surface area (Å²) in [4.78, 5) is 25.0. The van der Waals surface area contributed by atoms with Crippen molar-refractivity contribution < 1.29 is 14.7 Å². The maximum absolute atomic E-state index is 12.2. The zero-order chi connectivity index (χ0) is 14.9. The number of nitrogens with zero attached hydrogens (tertiary/aromatic N) is 2. The van der Waals surface area contributed by atoms with E-state index < -0.39 is 12.1 Å². The van der Waals surface area contributed by atoms with Crippen molar-refractivity contribution in [3.63, 3.8) is 0 Å². The first-order valence-electron chi connectivity index (χ1n) is 6.70. The van der Waals surface area contributed by atoms with Gasteiger partial charge in [0.15, 0.2) is 5.82 Å². The van der Waals surface area contributed by atoms with Gasteiger partial charge in [0, 0.05) is 31.6 Å². The third-order valence-electron chi connectivity index (χ3n) is 3.46. The molecule has 0 radical (unpaired) electrons. The Hall–Kier alpha value is -1.89. The van der Waals surface area contributed by atoms with Crippen LogP contribution in [0, 0.1) is 0 Å². The van der Waals surface area contributed by atoms with Crippen LogP contribution in [-0.2, 0) is 9.59 Å². The zero-order valence-electron chi connectivity index (χ0n) is 11.9. The van der Waals surface area contributed by atoms with Crippen LogP contribution >= 0.6 is 0 Å². The molecular formula is C13H20N4O3. The summed E-state index contributed by atoms with van der Waals surface area (Å²) < 4.78 is 0. The third-order valence-corrected chi connectivity index (χ3v) is 3.46. The lowest BCUT2D eigenvalue weighted by Crippen LogP contribution is -2.42. The topological polar surface area (TPSA) is 98.3 Å². The molecule has 0 bridgehead atoms. The highest BCUT2D eigenvalue weighted by molar-refractivity contribution is 5.96. The second-order valence-corrected chi connectivity index (χ2v) is 5.43. The first-order valence-corrected chi connectivity index (χ1v) is 6.70. The number of hydrogen-bond acceptors (Lipinski definition) is 4. The molecule has 0 aliphatic carbocycles. The molecule has 2 heterocycles. The molecule has 0 unspecified atom stereocenters. The number of carbonyl (C=O) groups excluding carboxylic acids is 2. The van der Waals surface area contributed by atoms with E-state index in [2.05, 4.69) is 15.5 Å². The molecule has 0 spiro atoms. The van der Waals surface area contributed by atoms with Crippen LogP contribution in [0.3, 0.4) is 0 Å². The van der Waals surface area contributed by atoms with E-state index in [4.69, 9.17) is 0 Å². The lowest BCUT2D eigenvalue weighted by Gasteiger charge is -2.21. The number of likely N-dealkylation sites (tertiary alicyclic amines) is 1. The molecule has 7 heteroatoms. The van der Waals surface area contributed by atoms with Crippen LogP contribution in [-0.4, -0.2) is 50.7 Å². The Balaban J connectivity index is 2.05. The molecule has 1 aromatic rings. The summed E-state index contributed by atoms with van der Waals surface area (Å²) in [5, 5.41) is 19.2. The molecule has 2 rings (SSSR count). The van der Waals surface area contributed by atoms with Gasteiger partial charge in [0.05, 0.1) is 6.10 Å². The molecule has 1 aliphatic rings. The highest BCUT2D eigenvalue weighted by atomic mass is 16.3. The van der Waals surface area contributed by atoms with Crippen LogP contribution in [0.15, 0.2) is 6.07 Å². The second-order valence-electron chi connectivity index (χ2n) is 5.43. The van der Waals surface area contributed by atoms with E-state index in [1.807, 2.05) is 13.8 Å². The van der Waals surface area contributed by atoms with Crippen molar-refractivity contribution >= 4 is 17.6 Å². The summed E-state index contributed by atoms with van der Waals surface area (Å²) >= 11 is 0. The van der Waals surface area contributed by atoms with Crippen molar-refractivity contribution in [2.24, 2.45) is 0 Å². The molecule has 3 N–H and O–H groups in total. The zero-order valence-corrected chi connectivity index (χ0v) is 11.9. The Labute approximate surface area is 117 Å². The second kappa shape index (κ2) is 5.62. The number of hydrogen-bond donors (Lipinski definition) is 3. The molecule has 2 amide bonds. The highest BCUT2D eigenvalue weighted by Gasteiger charge is 2.37. The maximum atomic E-state index is 12.2. The molecule has 110 valence electrons. The molecule has 7 nitrogen and oxygen atoms in total. The van der Waals surface area contributed by atoms with Crippen LogP contribution in [0.1, 0.15) is 38.8 Å². The minimum absolute atomic E-state index is 0.200. The molecule has 1 aromatic heterocycles. The molecule has 20 heavy (non-hydrogen) atoms. The third kappa shape index (κ3) is 2.98. The SMILES string of the molecule is CC(=O)N1C[C@@H](O)C[C@@H]1C(=O)Nc1cc(C(C)C)[nH]n1. The summed E-state index contributed by atoms with van der Waals surface area (Å²) in [5.41, 5.74) is 0.926. The van der Waals surface area contributed by atoms with Crippen LogP contribution in [0.25, 0.3) is 0 Å². The smallest absolute Gasteiger partial charge is 0.248 e. The largest absolute Gasteiger partial charge is 0.391 e. The molecule has 0 aromatic carbocycles. The Morgan fingerprint density at radius 2 is 2.25 bits per heavy atom. The van der Waals surface area contributed by atoms with E-state index in [0.29, 0.717) is 5.82 Å². The number of amides is 2. The Morgan fingerprint density at radius 1 is 1.55 bits per heavy atom. The number of rotatable bonds is 3. The first kappa shape index (κ1) is 14.5. The van der Waals surface area contributed by atoms with Gasteiger partial charge in [-0.1, -0.05) is 13.8 Å². The predicted octanol–water partition coefficient (Wildman–Crippen LogP) is 0.453. The van der Waals surface area contributed by atoms with Gasteiger partial charge in [-0.2, -0.15) is 5.10 Å². The minimum Gasteiger partial charge on any atom is -0.391 e. The fraction of sp³-hybridized carbons (Fsp3) is 0.615. The van der Waals surface area contributed by atoms with Crippen LogP contribution < -0.4 is 5.32 Å². The van der Waals surface area contributed by atoms with Crippen LogP contribution in [0.2, 0.25) is 0 Å². The Morgan fingerprint density at radius 3 is 2.80 bits per heavy atom. The fourth-order valence-electron chi connectivity index (χ4n) is 2.32. The summed E-state index contributed by atoms with van der Waals surface area (Å²) in [5.74, 6) is 0.184. The molecule has 1 fully saturated rings. The average Bonchev–Trinajstić information content (AvgIpc) is 2.95. The van der Waals surface area contributed by atoms with Crippen molar-refractivity contribution in [3.05, 3.63) is 11.8 Å². The van der Waals surface area contributed by atoms with Crippen molar-refractivity contribution in [3.8, 4) is 0 Å². The lowest BCUT2D eigenvalue weighted by atomic mass is 10.1. The van der Waals surface area contributed by atoms with Crippen molar-refractivity contribution in [1.29, 1.82) is 0 Å². The molecule has 1 aliphatic heterocycles. The molecule has 2 atom stereocenters. The van der Waals surface area contributed by atoms with Gasteiger partial charge in [-0.3, -0.25) is 14.7 Å². The first-order chi connectivity index (χ1) is 9.38. The summed E-state index contributed by atoms with van der Waals surface area (Å²) in [6, 6.07) is 1.13. The number of nitrogens with one attached hydrogen (secondary N) is 2. The van der Waals surface area contributed by atoms with Gasteiger partial charge >= 0.3 is 0 Å². The van der Waals surface area contributed by atoms with Crippen LogP contribution in [0.4, 0.5) is 5.82 Å². The quantitative estimate of drug-likeness (QED) is 0.748. The van der Waals surface area contributed by atoms with Crippen LogP contribution in [0.5, 0.6) is 0 Å². The normalized spacial score (nSPS) is 22.4. The number of aliphatic hydroxyl groups is 1. The maximum Gasteiger partial charge on any atom is 0.248 e. The van der Waals surface area contributed by atoms with Gasteiger partial charge in [-0.05, 0) is 5.92 Å². The number of aromatic nitrogens is 2. The monoisotopic (exact) mass is 280 g/mol. The standard InChI is InChI=1S/C13H20N4O3/c1-7(2)10-5-12(16-15-10)14-13(20)11-4-9(19)6-17(11)8(3)18/h5,7,9,11,19H,4,6H2,1-3H3,(H2,14,15,16,20)/t9-,11+/m0/s1. The van der Waals surface area contributed by atoms with Crippen molar-refractivity contribution in [2.45, 2.75) is 45.3 Å². The lowest BCUT2D eigenvalue weighted by molar-refractivity contribution is -0.134. The van der Waals surface area contributed by atoms with E-state index in [1.54, 1.807) is 6.07 Å². The van der Waals surface area contributed by atoms with Gasteiger partial charge in [-0.25, -0.2) is 0 Å². The van der Waals surface area contributed by atoms with E-state index in [-0.39, 0.29) is 30.7 Å². The van der Waals surface area contributed by atoms with Gasteiger partial charge in [0.1, 0.15) is 6.04 Å². The van der Waals surface area contributed by atoms with Crippen molar-refractivity contribution in [1.82, 2.24) is 15.1 Å². The number of H-pyrrole nitrogens is 1. The number of β-amino-alcohol motifs (C(OH)–C–C–N with tert-alkyl or cyclic N) is 1. The van der Waals surface area contributed by atoms with Gasteiger partial charge in [0.25, 0.3) is 0 Å². The molecule has 1 saturated heterocycles. The molecular weight excluding hydrogens is 260 g/mol. The van der Waals surface area contributed by atoms with Gasteiger partial charge in [-0.15, -0.1) is 0 Å². The summed E-state index contributed by atoms with van der Waals surface area (Å²) in [6.07, 6.45) is -0.396. The number of anilines is 1. The Kier molecular flexibility index (Phi) is 4.08. The molecule has 0 saturated carbocycles. The van der Waals surface area contributed by atoms with E-state index in [1.165, 1.54) is 11.8 Å². The van der Waals surface area contributed by atoms with Gasteiger partial charge < -0.3 is 15.3 Å².